The van der Waals surface area contributed by atoms with E-state index < -0.39 is 18.1 Å². The Labute approximate surface area is 266 Å². The summed E-state index contributed by atoms with van der Waals surface area (Å²) in [7, 11) is 5.37. The maximum Gasteiger partial charge on any atom is 0.305 e. The van der Waals surface area contributed by atoms with E-state index in [4.69, 9.17) is 9.47 Å². The van der Waals surface area contributed by atoms with Crippen LogP contribution in [-0.4, -0.2) is 74.6 Å². The Hall–Kier alpha value is -1.18. The fourth-order valence-corrected chi connectivity index (χ4v) is 5.60. The third-order valence-electron chi connectivity index (χ3n) is 8.47. The molecule has 0 radical (unpaired) electrons. The quantitative estimate of drug-likeness (QED) is 0.0468. The molecule has 2 unspecified atom stereocenters. The summed E-state index contributed by atoms with van der Waals surface area (Å²) in [4.78, 5) is 23.2. The lowest BCUT2D eigenvalue weighted by Crippen LogP contribution is -2.55. The summed E-state index contributed by atoms with van der Waals surface area (Å²) < 4.78 is 10.8. The Morgan fingerprint density at radius 1 is 0.628 bits per heavy atom. The number of carboxylic acid groups (broad SMARTS) is 1. The van der Waals surface area contributed by atoms with Crippen molar-refractivity contribution in [3.8, 4) is 0 Å². The number of nitrogens with zero attached hydrogens (tertiary/aromatic N) is 1. The van der Waals surface area contributed by atoms with Crippen LogP contribution in [0.5, 0.6) is 0 Å². The van der Waals surface area contributed by atoms with Gasteiger partial charge in [-0.3, -0.25) is 4.79 Å². The number of unbranched alkanes of at least 4 members (excludes halogenated alkanes) is 22. The standard InChI is InChI=1S/C36H71NO6/c1-5-6-7-8-9-10-11-12-13-14-15-16-17-18-19-20-21-22-23-24-25-26-27-28-35(39)43-32-33(38)31-42-30-29-34(36(40)41)37(2,3)4/h33-34,38H,5-32H2,1-4H3. The van der Waals surface area contributed by atoms with E-state index in [-0.39, 0.29) is 36.7 Å². The molecule has 256 valence electrons. The number of hydrogen-bond acceptors (Lipinski definition) is 6. The van der Waals surface area contributed by atoms with Crippen LogP contribution in [0.4, 0.5) is 0 Å². The van der Waals surface area contributed by atoms with Gasteiger partial charge in [-0.25, -0.2) is 0 Å². The van der Waals surface area contributed by atoms with Gasteiger partial charge in [-0.05, 0) is 6.42 Å². The van der Waals surface area contributed by atoms with Gasteiger partial charge in [0.15, 0.2) is 0 Å². The first-order valence-electron chi connectivity index (χ1n) is 18.1. The smallest absolute Gasteiger partial charge is 0.305 e. The zero-order valence-electron chi connectivity index (χ0n) is 28.9. The lowest BCUT2D eigenvalue weighted by molar-refractivity contribution is -0.889. The van der Waals surface area contributed by atoms with E-state index >= 15 is 0 Å². The molecule has 0 fully saturated rings. The highest BCUT2D eigenvalue weighted by Gasteiger charge is 2.24. The number of aliphatic hydroxyl groups is 1. The van der Waals surface area contributed by atoms with Crippen molar-refractivity contribution in [1.29, 1.82) is 0 Å². The van der Waals surface area contributed by atoms with Gasteiger partial charge in [0, 0.05) is 12.8 Å². The van der Waals surface area contributed by atoms with Crippen molar-refractivity contribution in [1.82, 2.24) is 0 Å². The summed E-state index contributed by atoms with van der Waals surface area (Å²) in [5.74, 6) is -1.40. The second-order valence-corrected chi connectivity index (χ2v) is 13.7. The number of esters is 1. The lowest BCUT2D eigenvalue weighted by atomic mass is 10.0. The summed E-state index contributed by atoms with van der Waals surface area (Å²) in [6, 6.07) is -0.682. The van der Waals surface area contributed by atoms with Gasteiger partial charge in [-0.1, -0.05) is 148 Å². The van der Waals surface area contributed by atoms with Crippen molar-refractivity contribution in [3.05, 3.63) is 0 Å². The van der Waals surface area contributed by atoms with Gasteiger partial charge in [0.2, 0.25) is 0 Å². The fourth-order valence-electron chi connectivity index (χ4n) is 5.60. The molecule has 0 aliphatic carbocycles. The van der Waals surface area contributed by atoms with Crippen LogP contribution in [0.15, 0.2) is 0 Å². The van der Waals surface area contributed by atoms with Gasteiger partial charge in [0.25, 0.3) is 0 Å². The molecule has 0 aliphatic rings. The number of ether oxygens (including phenoxy) is 2. The topological polar surface area (TPSA) is 95.9 Å². The molecule has 0 amide bonds. The predicted molar refractivity (Wildman–Crippen MR) is 176 cm³/mol. The molecule has 0 aromatic heterocycles. The molecule has 0 heterocycles. The molecule has 7 heteroatoms. The third kappa shape index (κ3) is 29.3. The lowest BCUT2D eigenvalue weighted by Gasteiger charge is -2.34. The largest absolute Gasteiger partial charge is 0.544 e. The first-order valence-corrected chi connectivity index (χ1v) is 18.1. The maximum atomic E-state index is 11.9. The van der Waals surface area contributed by atoms with Crippen LogP contribution < -0.4 is 5.11 Å². The molecule has 0 aliphatic heterocycles. The zero-order chi connectivity index (χ0) is 32.0. The van der Waals surface area contributed by atoms with Crippen molar-refractivity contribution in [2.45, 2.75) is 180 Å². The average Bonchev–Trinajstić information content (AvgIpc) is 2.95. The highest BCUT2D eigenvalue weighted by molar-refractivity contribution is 5.69. The van der Waals surface area contributed by atoms with Crippen molar-refractivity contribution >= 4 is 11.9 Å². The average molecular weight is 614 g/mol. The molecule has 43 heavy (non-hydrogen) atoms. The SMILES string of the molecule is CCCCCCCCCCCCCCCCCCCCCCCCCC(=O)OCC(O)COCCC(C(=O)[O-])[N+](C)(C)C. The third-order valence-corrected chi connectivity index (χ3v) is 8.47. The molecule has 0 bridgehead atoms. The molecule has 0 rings (SSSR count). The van der Waals surface area contributed by atoms with E-state index in [1.54, 1.807) is 21.1 Å². The summed E-state index contributed by atoms with van der Waals surface area (Å²) in [6.45, 7) is 2.38. The Balaban J connectivity index is 3.37. The number of carbonyl (C=O) groups excluding carboxylic acids is 2. The van der Waals surface area contributed by atoms with Crippen molar-refractivity contribution < 1.29 is 33.8 Å². The number of aliphatic hydroxyl groups excluding tert-OH is 1. The van der Waals surface area contributed by atoms with Gasteiger partial charge in [0.1, 0.15) is 18.8 Å². The number of likely N-dealkylation sites (N-methyl/N-ethyl adjacent to an activating group) is 1. The van der Waals surface area contributed by atoms with Gasteiger partial charge >= 0.3 is 5.97 Å². The van der Waals surface area contributed by atoms with E-state index in [0.717, 1.165) is 19.3 Å². The van der Waals surface area contributed by atoms with Gasteiger partial charge in [-0.2, -0.15) is 0 Å². The fraction of sp³-hybridized carbons (Fsp3) is 0.944. The summed E-state index contributed by atoms with van der Waals surface area (Å²) in [6.07, 6.45) is 30.7. The number of carbonyl (C=O) groups is 2. The van der Waals surface area contributed by atoms with Crippen molar-refractivity contribution in [2.24, 2.45) is 0 Å². The first-order chi connectivity index (χ1) is 20.7. The maximum absolute atomic E-state index is 11.9. The minimum atomic E-state index is -1.11. The minimum absolute atomic E-state index is 0.00360. The van der Waals surface area contributed by atoms with Crippen LogP contribution in [0.3, 0.4) is 0 Å². The Morgan fingerprint density at radius 2 is 1.00 bits per heavy atom. The molecule has 7 nitrogen and oxygen atoms in total. The van der Waals surface area contributed by atoms with Crippen LogP contribution in [-0.2, 0) is 19.1 Å². The van der Waals surface area contributed by atoms with Crippen LogP contribution in [0, 0.1) is 0 Å². The predicted octanol–water partition coefficient (Wildman–Crippen LogP) is 7.50. The number of aliphatic carboxylic acids is 1. The molecule has 2 atom stereocenters. The Morgan fingerprint density at radius 3 is 1.35 bits per heavy atom. The second-order valence-electron chi connectivity index (χ2n) is 13.7. The van der Waals surface area contributed by atoms with E-state index in [1.807, 2.05) is 0 Å². The second kappa shape index (κ2) is 29.5. The molecular formula is C36H71NO6. The summed E-state index contributed by atoms with van der Waals surface area (Å²) in [5.41, 5.74) is 0. The zero-order valence-corrected chi connectivity index (χ0v) is 28.9. The Bertz CT molecular complexity index is 636. The summed E-state index contributed by atoms with van der Waals surface area (Å²) >= 11 is 0. The van der Waals surface area contributed by atoms with E-state index in [0.29, 0.717) is 6.42 Å². The molecular weight excluding hydrogens is 542 g/mol. The van der Waals surface area contributed by atoms with Gasteiger partial charge < -0.3 is 29.0 Å². The van der Waals surface area contributed by atoms with Crippen LogP contribution in [0.1, 0.15) is 167 Å². The number of hydrogen-bond donors (Lipinski definition) is 1. The highest BCUT2D eigenvalue weighted by Crippen LogP contribution is 2.16. The van der Waals surface area contributed by atoms with Crippen molar-refractivity contribution in [3.63, 3.8) is 0 Å². The van der Waals surface area contributed by atoms with Crippen LogP contribution in [0.25, 0.3) is 0 Å². The van der Waals surface area contributed by atoms with Gasteiger partial charge in [-0.15, -0.1) is 0 Å². The normalized spacial score (nSPS) is 13.2. The van der Waals surface area contributed by atoms with Crippen LogP contribution in [0.2, 0.25) is 0 Å². The van der Waals surface area contributed by atoms with E-state index in [9.17, 15) is 19.8 Å². The number of carboxylic acids is 1. The van der Waals surface area contributed by atoms with Crippen LogP contribution >= 0.6 is 0 Å². The molecule has 0 spiro atoms. The molecule has 0 saturated heterocycles. The van der Waals surface area contributed by atoms with E-state index in [1.165, 1.54) is 128 Å². The van der Waals surface area contributed by atoms with Gasteiger partial charge in [0.05, 0.1) is 40.3 Å². The monoisotopic (exact) mass is 614 g/mol. The molecule has 0 aromatic rings. The Kier molecular flexibility index (Phi) is 28.7. The number of quaternary nitrogens is 1. The van der Waals surface area contributed by atoms with Crippen molar-refractivity contribution in [2.75, 3.05) is 41.0 Å². The molecule has 1 N–H and O–H groups in total. The molecule has 0 aromatic carbocycles. The highest BCUT2D eigenvalue weighted by atomic mass is 16.5. The summed E-state index contributed by atoms with van der Waals surface area (Å²) in [5, 5.41) is 21.2. The first kappa shape index (κ1) is 41.8. The minimum Gasteiger partial charge on any atom is -0.544 e. The van der Waals surface area contributed by atoms with E-state index in [2.05, 4.69) is 6.92 Å². The number of rotatable bonds is 33. The molecule has 0 saturated carbocycles.